The molecule has 2 aromatic rings. The van der Waals surface area contributed by atoms with Gasteiger partial charge >= 0.3 is 0 Å². The van der Waals surface area contributed by atoms with Crippen molar-refractivity contribution in [3.05, 3.63) is 64.1 Å². The lowest BCUT2D eigenvalue weighted by Crippen LogP contribution is -2.14. The second-order valence-corrected chi connectivity index (χ2v) is 4.58. The van der Waals surface area contributed by atoms with E-state index >= 15 is 0 Å². The smallest absolute Gasteiger partial charge is 0.127 e. The predicted molar refractivity (Wildman–Crippen MR) is 68.9 cm³/mol. The van der Waals surface area contributed by atoms with E-state index < -0.39 is 0 Å². The monoisotopic (exact) mass is 294 g/mol. The van der Waals surface area contributed by atoms with Gasteiger partial charge in [-0.05, 0) is 34.1 Å². The van der Waals surface area contributed by atoms with Crippen molar-refractivity contribution in [3.8, 4) is 0 Å². The summed E-state index contributed by atoms with van der Waals surface area (Å²) in [7, 11) is 0. The Kier molecular flexibility index (Phi) is 4.23. The van der Waals surface area contributed by atoms with Crippen LogP contribution in [0.4, 0.5) is 4.39 Å². The van der Waals surface area contributed by atoms with Crippen molar-refractivity contribution in [2.75, 3.05) is 0 Å². The fraction of sp³-hybridized carbons (Fsp3) is 0.154. The number of halogens is 2. The van der Waals surface area contributed by atoms with Crippen LogP contribution < -0.4 is 5.32 Å². The van der Waals surface area contributed by atoms with Crippen LogP contribution in [0, 0.1) is 5.82 Å². The largest absolute Gasteiger partial charge is 0.307 e. The fourth-order valence-electron chi connectivity index (χ4n) is 1.48. The molecule has 0 atom stereocenters. The van der Waals surface area contributed by atoms with Crippen LogP contribution in [-0.4, -0.2) is 4.98 Å². The van der Waals surface area contributed by atoms with Crippen LogP contribution in [0.5, 0.6) is 0 Å². The summed E-state index contributed by atoms with van der Waals surface area (Å²) in [5.74, 6) is -0.177. The Morgan fingerprint density at radius 3 is 2.65 bits per heavy atom. The van der Waals surface area contributed by atoms with Gasteiger partial charge in [-0.25, -0.2) is 4.39 Å². The second kappa shape index (κ2) is 5.89. The number of aromatic nitrogens is 1. The van der Waals surface area contributed by atoms with E-state index in [4.69, 9.17) is 0 Å². The maximum Gasteiger partial charge on any atom is 0.127 e. The van der Waals surface area contributed by atoms with Gasteiger partial charge in [-0.2, -0.15) is 0 Å². The van der Waals surface area contributed by atoms with Crippen molar-refractivity contribution in [1.82, 2.24) is 10.3 Å². The quantitative estimate of drug-likeness (QED) is 0.936. The molecule has 17 heavy (non-hydrogen) atoms. The first-order chi connectivity index (χ1) is 8.25. The lowest BCUT2D eigenvalue weighted by atomic mass is 10.2. The minimum absolute atomic E-state index is 0.177. The summed E-state index contributed by atoms with van der Waals surface area (Å²) in [5.41, 5.74) is 1.61. The van der Waals surface area contributed by atoms with E-state index in [1.807, 2.05) is 18.2 Å². The molecule has 1 N–H and O–H groups in total. The molecule has 2 nitrogen and oxygen atoms in total. The Morgan fingerprint density at radius 1 is 1.12 bits per heavy atom. The molecule has 0 fully saturated rings. The lowest BCUT2D eigenvalue weighted by Gasteiger charge is -2.05. The third kappa shape index (κ3) is 3.61. The molecule has 1 aromatic heterocycles. The second-order valence-electron chi connectivity index (χ2n) is 3.66. The average molecular weight is 295 g/mol. The van der Waals surface area contributed by atoms with Gasteiger partial charge in [-0.1, -0.05) is 18.2 Å². The molecule has 1 heterocycles. The molecule has 0 aliphatic heterocycles. The molecular weight excluding hydrogens is 283 g/mol. The van der Waals surface area contributed by atoms with Crippen LogP contribution in [0.15, 0.2) is 47.1 Å². The summed E-state index contributed by atoms with van der Waals surface area (Å²) >= 11 is 3.33. The minimum Gasteiger partial charge on any atom is -0.307 e. The van der Waals surface area contributed by atoms with Crippen molar-refractivity contribution in [3.63, 3.8) is 0 Å². The molecule has 0 aliphatic carbocycles. The van der Waals surface area contributed by atoms with Gasteiger partial charge in [0.2, 0.25) is 0 Å². The van der Waals surface area contributed by atoms with Crippen LogP contribution in [0.2, 0.25) is 0 Å². The Balaban J connectivity index is 1.88. The van der Waals surface area contributed by atoms with Gasteiger partial charge in [0.15, 0.2) is 0 Å². The van der Waals surface area contributed by atoms with Gasteiger partial charge in [-0.15, -0.1) is 0 Å². The Bertz CT molecular complexity index is 485. The van der Waals surface area contributed by atoms with Gasteiger partial charge < -0.3 is 5.32 Å². The highest BCUT2D eigenvalue weighted by molar-refractivity contribution is 9.10. The highest BCUT2D eigenvalue weighted by Gasteiger charge is 2.00. The van der Waals surface area contributed by atoms with E-state index in [-0.39, 0.29) is 5.82 Å². The molecule has 0 saturated carbocycles. The standard InChI is InChI=1S/C13H12BrFN2/c14-11-5-6-12(17-8-11)9-16-7-10-3-1-2-4-13(10)15/h1-6,8,16H,7,9H2. The zero-order valence-electron chi connectivity index (χ0n) is 9.16. The summed E-state index contributed by atoms with van der Waals surface area (Å²) in [6.45, 7) is 1.13. The number of rotatable bonds is 4. The highest BCUT2D eigenvalue weighted by Crippen LogP contribution is 2.08. The molecule has 0 radical (unpaired) electrons. The number of pyridine rings is 1. The summed E-state index contributed by atoms with van der Waals surface area (Å²) in [6, 6.07) is 10.6. The molecular formula is C13H12BrFN2. The molecule has 0 spiro atoms. The van der Waals surface area contributed by atoms with Crippen molar-refractivity contribution < 1.29 is 4.39 Å². The zero-order valence-corrected chi connectivity index (χ0v) is 10.7. The van der Waals surface area contributed by atoms with Crippen molar-refractivity contribution in [2.45, 2.75) is 13.1 Å². The molecule has 0 aliphatic rings. The van der Waals surface area contributed by atoms with Crippen LogP contribution in [0.1, 0.15) is 11.3 Å². The molecule has 0 saturated heterocycles. The highest BCUT2D eigenvalue weighted by atomic mass is 79.9. The number of nitrogens with one attached hydrogen (secondary N) is 1. The van der Waals surface area contributed by atoms with Crippen molar-refractivity contribution in [2.24, 2.45) is 0 Å². The molecule has 1 aromatic carbocycles. The molecule has 0 amide bonds. The molecule has 88 valence electrons. The molecule has 0 unspecified atom stereocenters. The lowest BCUT2D eigenvalue weighted by molar-refractivity contribution is 0.586. The summed E-state index contributed by atoms with van der Waals surface area (Å²) in [6.07, 6.45) is 1.75. The van der Waals surface area contributed by atoms with E-state index in [9.17, 15) is 4.39 Å². The van der Waals surface area contributed by atoms with Gasteiger partial charge in [-0.3, -0.25) is 4.98 Å². The molecule has 0 bridgehead atoms. The van der Waals surface area contributed by atoms with E-state index in [1.165, 1.54) is 6.07 Å². The Labute approximate surface area is 108 Å². The zero-order chi connectivity index (χ0) is 12.1. The topological polar surface area (TPSA) is 24.9 Å². The van der Waals surface area contributed by atoms with E-state index in [0.717, 1.165) is 10.2 Å². The van der Waals surface area contributed by atoms with Gasteiger partial charge in [0.25, 0.3) is 0 Å². The average Bonchev–Trinajstić information content (AvgIpc) is 2.34. The third-order valence-corrected chi connectivity index (χ3v) is 2.84. The Morgan fingerprint density at radius 2 is 1.94 bits per heavy atom. The number of hydrogen-bond acceptors (Lipinski definition) is 2. The van der Waals surface area contributed by atoms with Gasteiger partial charge in [0.1, 0.15) is 5.82 Å². The minimum atomic E-state index is -0.177. The third-order valence-electron chi connectivity index (χ3n) is 2.37. The number of hydrogen-bond donors (Lipinski definition) is 1. The van der Waals surface area contributed by atoms with Crippen LogP contribution in [0.25, 0.3) is 0 Å². The number of nitrogens with zero attached hydrogens (tertiary/aromatic N) is 1. The Hall–Kier alpha value is -1.26. The van der Waals surface area contributed by atoms with Crippen LogP contribution in [-0.2, 0) is 13.1 Å². The fourth-order valence-corrected chi connectivity index (χ4v) is 1.71. The maximum atomic E-state index is 13.3. The predicted octanol–water partition coefficient (Wildman–Crippen LogP) is 3.27. The van der Waals surface area contributed by atoms with E-state index in [0.29, 0.717) is 18.7 Å². The molecule has 4 heteroatoms. The summed E-state index contributed by atoms with van der Waals surface area (Å²) in [4.78, 5) is 4.23. The maximum absolute atomic E-state index is 13.3. The first-order valence-electron chi connectivity index (χ1n) is 5.30. The van der Waals surface area contributed by atoms with E-state index in [2.05, 4.69) is 26.2 Å². The first kappa shape index (κ1) is 12.2. The van der Waals surface area contributed by atoms with Gasteiger partial charge in [0, 0.05) is 29.3 Å². The van der Waals surface area contributed by atoms with Gasteiger partial charge in [0.05, 0.1) is 5.69 Å². The van der Waals surface area contributed by atoms with E-state index in [1.54, 1.807) is 18.3 Å². The normalized spacial score (nSPS) is 10.5. The van der Waals surface area contributed by atoms with Crippen molar-refractivity contribution in [1.29, 1.82) is 0 Å². The molecule has 2 rings (SSSR count). The number of benzene rings is 1. The first-order valence-corrected chi connectivity index (χ1v) is 6.09. The van der Waals surface area contributed by atoms with Crippen LogP contribution in [0.3, 0.4) is 0 Å². The van der Waals surface area contributed by atoms with Crippen LogP contribution >= 0.6 is 15.9 Å². The summed E-state index contributed by atoms with van der Waals surface area (Å²) in [5, 5.41) is 3.16. The SMILES string of the molecule is Fc1ccccc1CNCc1ccc(Br)cn1. The summed E-state index contributed by atoms with van der Waals surface area (Å²) < 4.78 is 14.3. The van der Waals surface area contributed by atoms with Crippen molar-refractivity contribution >= 4 is 15.9 Å².